The summed E-state index contributed by atoms with van der Waals surface area (Å²) in [7, 11) is 0. The quantitative estimate of drug-likeness (QED) is 0.463. The Hall–Kier alpha value is -2.80. The van der Waals surface area contributed by atoms with E-state index in [9.17, 15) is 9.90 Å². The molecule has 1 aromatic heterocycles. The van der Waals surface area contributed by atoms with E-state index in [0.717, 1.165) is 33.8 Å². The van der Waals surface area contributed by atoms with Crippen LogP contribution in [0, 0.1) is 0 Å². The fourth-order valence-electron chi connectivity index (χ4n) is 2.57. The maximum atomic E-state index is 11.7. The highest BCUT2D eigenvalue weighted by Crippen LogP contribution is 2.33. The smallest absolute Gasteiger partial charge is 0.342 e. The fourth-order valence-corrected chi connectivity index (χ4v) is 3.25. The lowest BCUT2D eigenvalue weighted by molar-refractivity contribution is -0.131. The number of ether oxygens (including phenoxy) is 1. The van der Waals surface area contributed by atoms with Gasteiger partial charge in [-0.15, -0.1) is 10.2 Å². The van der Waals surface area contributed by atoms with Crippen molar-refractivity contribution in [2.24, 2.45) is 0 Å². The number of thioether (sulfide) groups is 1. The molecule has 140 valence electrons. The second-order valence-corrected chi connectivity index (χ2v) is 7.09. The molecule has 0 fully saturated rings. The van der Waals surface area contributed by atoms with Crippen LogP contribution in [0.4, 0.5) is 0 Å². The van der Waals surface area contributed by atoms with Gasteiger partial charge in [0.2, 0.25) is 5.89 Å². The van der Waals surface area contributed by atoms with Crippen molar-refractivity contribution in [3.8, 4) is 5.75 Å². The number of aryl methyl sites for hydroxylation is 1. The highest BCUT2D eigenvalue weighted by atomic mass is 32.2. The zero-order valence-electron chi connectivity index (χ0n) is 15.3. The number of aliphatic carboxylic acids is 1. The zero-order valence-corrected chi connectivity index (χ0v) is 16.1. The molecular weight excluding hydrogens is 364 g/mol. The summed E-state index contributed by atoms with van der Waals surface area (Å²) in [4.78, 5) is 11.8. The van der Waals surface area contributed by atoms with Gasteiger partial charge in [0.05, 0.1) is 6.10 Å². The molecule has 0 aliphatic rings. The summed E-state index contributed by atoms with van der Waals surface area (Å²) in [5, 5.41) is 19.4. The summed E-state index contributed by atoms with van der Waals surface area (Å²) in [6, 6.07) is 11.5. The molecule has 3 rings (SSSR count). The molecule has 1 heterocycles. The maximum absolute atomic E-state index is 11.7. The van der Waals surface area contributed by atoms with Crippen LogP contribution in [-0.4, -0.2) is 27.4 Å². The number of benzene rings is 2. The van der Waals surface area contributed by atoms with Crippen LogP contribution >= 0.6 is 11.8 Å². The number of fused-ring (bicyclic) bond motifs is 1. The molecule has 0 aliphatic carbocycles. The Morgan fingerprint density at radius 2 is 1.96 bits per heavy atom. The van der Waals surface area contributed by atoms with E-state index >= 15 is 0 Å². The van der Waals surface area contributed by atoms with Crippen molar-refractivity contribution in [3.63, 3.8) is 0 Å². The molecular formula is C20H20N2O4S. The number of aromatic nitrogens is 2. The van der Waals surface area contributed by atoms with Crippen molar-refractivity contribution in [2.45, 2.75) is 38.5 Å². The molecule has 0 unspecified atom stereocenters. The Kier molecular flexibility index (Phi) is 5.81. The summed E-state index contributed by atoms with van der Waals surface area (Å²) < 4.78 is 11.3. The number of hydrogen-bond donors (Lipinski definition) is 1. The Morgan fingerprint density at radius 1 is 1.22 bits per heavy atom. The Labute approximate surface area is 161 Å². The van der Waals surface area contributed by atoms with Gasteiger partial charge in [-0.1, -0.05) is 37.3 Å². The average molecular weight is 384 g/mol. The van der Waals surface area contributed by atoms with E-state index in [1.165, 1.54) is 0 Å². The number of rotatable bonds is 7. The van der Waals surface area contributed by atoms with Crippen LogP contribution in [-0.2, 0) is 11.2 Å². The van der Waals surface area contributed by atoms with E-state index < -0.39 is 5.97 Å². The Bertz CT molecular complexity index is 995. The van der Waals surface area contributed by atoms with Crippen LogP contribution in [0.5, 0.6) is 5.75 Å². The molecule has 0 spiro atoms. The van der Waals surface area contributed by atoms with Crippen LogP contribution in [0.3, 0.4) is 0 Å². The first-order valence-corrected chi connectivity index (χ1v) is 9.43. The molecule has 3 aromatic rings. The number of carboxylic acid groups (broad SMARTS) is 1. The zero-order chi connectivity index (χ0) is 19.4. The van der Waals surface area contributed by atoms with Gasteiger partial charge >= 0.3 is 5.97 Å². The molecule has 7 heteroatoms. The standard InChI is InChI=1S/C20H20N2O4S/c1-4-18-21-22-20(26-18)27-17(19(23)24)11-13-9-10-16(25-12(2)3)15-8-6-5-7-14(13)15/h5-12H,4H2,1-3H3,(H,23,24)/b17-11-. The number of nitrogens with zero attached hydrogens (tertiary/aromatic N) is 2. The van der Waals surface area contributed by atoms with Crippen molar-refractivity contribution in [2.75, 3.05) is 0 Å². The van der Waals surface area contributed by atoms with E-state index in [4.69, 9.17) is 9.15 Å². The van der Waals surface area contributed by atoms with E-state index in [-0.39, 0.29) is 16.2 Å². The third-order valence-electron chi connectivity index (χ3n) is 3.73. The number of hydrogen-bond acceptors (Lipinski definition) is 6. The topological polar surface area (TPSA) is 85.5 Å². The van der Waals surface area contributed by atoms with Gasteiger partial charge in [-0.3, -0.25) is 0 Å². The first kappa shape index (κ1) is 19.0. The van der Waals surface area contributed by atoms with Crippen molar-refractivity contribution in [3.05, 3.63) is 52.8 Å². The SMILES string of the molecule is CCc1nnc(S/C(=C\c2ccc(OC(C)C)c3ccccc23)C(=O)O)o1. The average Bonchev–Trinajstić information content (AvgIpc) is 3.10. The van der Waals surface area contributed by atoms with Gasteiger partial charge in [0.1, 0.15) is 10.7 Å². The molecule has 0 radical (unpaired) electrons. The third-order valence-corrected chi connectivity index (χ3v) is 4.58. The predicted molar refractivity (Wildman–Crippen MR) is 105 cm³/mol. The number of carbonyl (C=O) groups is 1. The van der Waals surface area contributed by atoms with E-state index in [1.54, 1.807) is 6.08 Å². The van der Waals surface area contributed by atoms with Gasteiger partial charge in [-0.2, -0.15) is 0 Å². The summed E-state index contributed by atoms with van der Waals surface area (Å²) in [6.07, 6.45) is 2.26. The molecule has 27 heavy (non-hydrogen) atoms. The molecule has 2 aromatic carbocycles. The summed E-state index contributed by atoms with van der Waals surface area (Å²) in [5.41, 5.74) is 0.779. The summed E-state index contributed by atoms with van der Waals surface area (Å²) >= 11 is 0.941. The molecule has 0 atom stereocenters. The van der Waals surface area contributed by atoms with Gasteiger partial charge in [0, 0.05) is 11.8 Å². The lowest BCUT2D eigenvalue weighted by Crippen LogP contribution is -2.06. The Balaban J connectivity index is 2.02. The molecule has 0 saturated heterocycles. The first-order valence-electron chi connectivity index (χ1n) is 8.61. The van der Waals surface area contributed by atoms with E-state index in [2.05, 4.69) is 10.2 Å². The van der Waals surface area contributed by atoms with Crippen LogP contribution in [0.25, 0.3) is 16.8 Å². The lowest BCUT2D eigenvalue weighted by Gasteiger charge is -2.14. The Morgan fingerprint density at radius 3 is 2.59 bits per heavy atom. The maximum Gasteiger partial charge on any atom is 0.342 e. The van der Waals surface area contributed by atoms with E-state index in [1.807, 2.05) is 57.2 Å². The molecule has 0 saturated carbocycles. The van der Waals surface area contributed by atoms with Gasteiger partial charge in [0.25, 0.3) is 5.22 Å². The second kappa shape index (κ2) is 8.26. The monoisotopic (exact) mass is 384 g/mol. The molecule has 1 N–H and O–H groups in total. The van der Waals surface area contributed by atoms with Crippen LogP contribution in [0.15, 0.2) is 50.9 Å². The van der Waals surface area contributed by atoms with Crippen molar-refractivity contribution < 1.29 is 19.1 Å². The molecule has 0 bridgehead atoms. The van der Waals surface area contributed by atoms with Crippen LogP contribution < -0.4 is 4.74 Å². The minimum absolute atomic E-state index is 0.0465. The molecule has 0 aliphatic heterocycles. The highest BCUT2D eigenvalue weighted by Gasteiger charge is 2.16. The van der Waals surface area contributed by atoms with Gasteiger partial charge < -0.3 is 14.3 Å². The van der Waals surface area contributed by atoms with Gasteiger partial charge in [-0.05, 0) is 48.7 Å². The van der Waals surface area contributed by atoms with Crippen molar-refractivity contribution in [1.29, 1.82) is 0 Å². The second-order valence-electron chi connectivity index (χ2n) is 6.10. The lowest BCUT2D eigenvalue weighted by atomic mass is 10.0. The molecule has 6 nitrogen and oxygen atoms in total. The fraction of sp³-hybridized carbons (Fsp3) is 0.250. The molecule has 0 amide bonds. The van der Waals surface area contributed by atoms with Crippen LogP contribution in [0.2, 0.25) is 0 Å². The minimum Gasteiger partial charge on any atom is -0.490 e. The number of carboxylic acids is 1. The first-order chi connectivity index (χ1) is 13.0. The van der Waals surface area contributed by atoms with E-state index in [0.29, 0.717) is 12.3 Å². The third kappa shape index (κ3) is 4.49. The van der Waals surface area contributed by atoms with Gasteiger partial charge in [0.15, 0.2) is 0 Å². The van der Waals surface area contributed by atoms with Crippen LogP contribution in [0.1, 0.15) is 32.2 Å². The largest absolute Gasteiger partial charge is 0.490 e. The predicted octanol–water partition coefficient (Wildman–Crippen LogP) is 4.79. The van der Waals surface area contributed by atoms with Crippen molar-refractivity contribution >= 4 is 34.6 Å². The highest BCUT2D eigenvalue weighted by molar-refractivity contribution is 8.03. The summed E-state index contributed by atoms with van der Waals surface area (Å²) in [5.74, 6) is 0.192. The van der Waals surface area contributed by atoms with Crippen molar-refractivity contribution in [1.82, 2.24) is 10.2 Å². The van der Waals surface area contributed by atoms with Gasteiger partial charge in [-0.25, -0.2) is 4.79 Å². The normalized spacial score (nSPS) is 11.9. The summed E-state index contributed by atoms with van der Waals surface area (Å²) in [6.45, 7) is 5.83. The minimum atomic E-state index is -1.05.